The van der Waals surface area contributed by atoms with E-state index < -0.39 is 29.5 Å². The van der Waals surface area contributed by atoms with Crippen molar-refractivity contribution < 1.29 is 29.0 Å². The molecule has 0 fully saturated rings. The number of hydrogen-bond acceptors (Lipinski definition) is 9. The van der Waals surface area contributed by atoms with Crippen LogP contribution in [0.5, 0.6) is 5.75 Å². The SMILES string of the molecule is C=CCOc1cccc(C2C(C(=O)c3cccs3)=C(O)C(=O)N2c2nc(C)c(C(=O)OCC)s2)c1. The Balaban J connectivity index is 1.84. The van der Waals surface area contributed by atoms with E-state index in [0.29, 0.717) is 21.9 Å². The minimum absolute atomic E-state index is 0.0659. The molecule has 0 spiro atoms. The first-order valence-corrected chi connectivity index (χ1v) is 12.4. The van der Waals surface area contributed by atoms with Crippen LogP contribution in [0.25, 0.3) is 0 Å². The van der Waals surface area contributed by atoms with Crippen molar-refractivity contribution in [3.05, 3.63) is 86.8 Å². The molecular formula is C25H22N2O6S2. The molecule has 1 N–H and O–H groups in total. The number of carbonyl (C=O) groups excluding carboxylic acids is 3. The van der Waals surface area contributed by atoms with E-state index in [4.69, 9.17) is 9.47 Å². The van der Waals surface area contributed by atoms with Gasteiger partial charge in [0.05, 0.1) is 28.8 Å². The fourth-order valence-corrected chi connectivity index (χ4v) is 5.36. The highest BCUT2D eigenvalue weighted by Crippen LogP contribution is 2.44. The molecule has 35 heavy (non-hydrogen) atoms. The molecule has 0 bridgehead atoms. The number of carbonyl (C=O) groups is 3. The number of aryl methyl sites for hydroxylation is 1. The summed E-state index contributed by atoms with van der Waals surface area (Å²) in [5, 5.41) is 12.8. The van der Waals surface area contributed by atoms with E-state index in [-0.39, 0.29) is 28.8 Å². The summed E-state index contributed by atoms with van der Waals surface area (Å²) in [4.78, 5) is 45.4. The van der Waals surface area contributed by atoms with Gasteiger partial charge >= 0.3 is 5.97 Å². The summed E-state index contributed by atoms with van der Waals surface area (Å²) in [6.45, 7) is 7.44. The van der Waals surface area contributed by atoms with Gasteiger partial charge in [0.15, 0.2) is 10.9 Å². The summed E-state index contributed by atoms with van der Waals surface area (Å²) >= 11 is 2.18. The first-order chi connectivity index (χ1) is 16.9. The van der Waals surface area contributed by atoms with E-state index in [0.717, 1.165) is 11.3 Å². The Labute approximate surface area is 209 Å². The number of aliphatic hydroxyl groups excluding tert-OH is 1. The van der Waals surface area contributed by atoms with Gasteiger partial charge in [-0.3, -0.25) is 14.5 Å². The van der Waals surface area contributed by atoms with Crippen LogP contribution in [0, 0.1) is 6.92 Å². The second-order valence-electron chi connectivity index (χ2n) is 7.45. The van der Waals surface area contributed by atoms with E-state index >= 15 is 0 Å². The van der Waals surface area contributed by atoms with Gasteiger partial charge in [-0.1, -0.05) is 42.2 Å². The molecule has 0 radical (unpaired) electrons. The second kappa shape index (κ2) is 10.2. The maximum Gasteiger partial charge on any atom is 0.350 e. The highest BCUT2D eigenvalue weighted by molar-refractivity contribution is 7.17. The zero-order chi connectivity index (χ0) is 25.1. The third kappa shape index (κ3) is 4.62. The normalized spacial score (nSPS) is 15.4. The van der Waals surface area contributed by atoms with Gasteiger partial charge in [0.2, 0.25) is 5.78 Å². The lowest BCUT2D eigenvalue weighted by Crippen LogP contribution is -2.31. The monoisotopic (exact) mass is 510 g/mol. The molecular weight excluding hydrogens is 488 g/mol. The summed E-state index contributed by atoms with van der Waals surface area (Å²) in [6, 6.07) is 9.28. The van der Waals surface area contributed by atoms with Crippen molar-refractivity contribution in [2.24, 2.45) is 0 Å². The van der Waals surface area contributed by atoms with Gasteiger partial charge in [-0.2, -0.15) is 0 Å². The van der Waals surface area contributed by atoms with Gasteiger partial charge in [0, 0.05) is 0 Å². The van der Waals surface area contributed by atoms with E-state index in [1.165, 1.54) is 16.2 Å². The van der Waals surface area contributed by atoms with Crippen LogP contribution in [-0.4, -0.2) is 41.0 Å². The number of rotatable bonds is 9. The number of amides is 1. The molecule has 1 aliphatic heterocycles. The molecule has 1 amide bonds. The van der Waals surface area contributed by atoms with Gasteiger partial charge in [-0.15, -0.1) is 11.3 Å². The first-order valence-electron chi connectivity index (χ1n) is 10.7. The van der Waals surface area contributed by atoms with Gasteiger partial charge < -0.3 is 14.6 Å². The average Bonchev–Trinajstić information content (AvgIpc) is 3.57. The van der Waals surface area contributed by atoms with Gasteiger partial charge in [-0.25, -0.2) is 9.78 Å². The molecule has 8 nitrogen and oxygen atoms in total. The van der Waals surface area contributed by atoms with Crippen LogP contribution >= 0.6 is 22.7 Å². The van der Waals surface area contributed by atoms with Crippen molar-refractivity contribution >= 4 is 45.5 Å². The van der Waals surface area contributed by atoms with Gasteiger partial charge in [-0.05, 0) is 43.0 Å². The molecule has 180 valence electrons. The van der Waals surface area contributed by atoms with Gasteiger partial charge in [0.25, 0.3) is 5.91 Å². The summed E-state index contributed by atoms with van der Waals surface area (Å²) in [6.07, 6.45) is 1.60. The number of aliphatic hydroxyl groups is 1. The molecule has 0 saturated carbocycles. The lowest BCUT2D eigenvalue weighted by Gasteiger charge is -2.24. The molecule has 3 aromatic rings. The maximum absolute atomic E-state index is 13.4. The second-order valence-corrected chi connectivity index (χ2v) is 9.38. The van der Waals surface area contributed by atoms with E-state index in [1.807, 2.05) is 0 Å². The summed E-state index contributed by atoms with van der Waals surface area (Å²) in [5.74, 6) is -1.95. The number of anilines is 1. The third-order valence-corrected chi connectivity index (χ3v) is 7.20. The van der Waals surface area contributed by atoms with E-state index in [2.05, 4.69) is 11.6 Å². The molecule has 1 aliphatic rings. The molecule has 2 aromatic heterocycles. The summed E-state index contributed by atoms with van der Waals surface area (Å²) in [5.41, 5.74) is 0.855. The number of Topliss-reactive ketones (excluding diaryl/α,β-unsaturated/α-hetero) is 1. The number of nitrogens with zero attached hydrogens (tertiary/aromatic N) is 2. The van der Waals surface area contributed by atoms with Crippen LogP contribution in [0.1, 0.15) is 43.6 Å². The number of esters is 1. The van der Waals surface area contributed by atoms with Crippen LogP contribution < -0.4 is 9.64 Å². The minimum atomic E-state index is -0.982. The number of ketones is 1. The average molecular weight is 511 g/mol. The first kappa shape index (κ1) is 24.4. The van der Waals surface area contributed by atoms with Crippen LogP contribution in [0.2, 0.25) is 0 Å². The predicted molar refractivity (Wildman–Crippen MR) is 133 cm³/mol. The van der Waals surface area contributed by atoms with Crippen molar-refractivity contribution in [2.45, 2.75) is 19.9 Å². The highest BCUT2D eigenvalue weighted by Gasteiger charge is 2.46. The number of ether oxygens (including phenoxy) is 2. The number of benzene rings is 1. The largest absolute Gasteiger partial charge is 0.503 e. The predicted octanol–water partition coefficient (Wildman–Crippen LogP) is 5.04. The highest BCUT2D eigenvalue weighted by atomic mass is 32.1. The zero-order valence-corrected chi connectivity index (χ0v) is 20.6. The Hall–Kier alpha value is -3.76. The van der Waals surface area contributed by atoms with E-state index in [9.17, 15) is 19.5 Å². The summed E-state index contributed by atoms with van der Waals surface area (Å²) < 4.78 is 10.7. The van der Waals surface area contributed by atoms with Crippen molar-refractivity contribution in [3.8, 4) is 5.75 Å². The lowest BCUT2D eigenvalue weighted by molar-refractivity contribution is -0.117. The Kier molecular flexibility index (Phi) is 7.13. The molecule has 0 aliphatic carbocycles. The Morgan fingerprint density at radius 3 is 2.77 bits per heavy atom. The van der Waals surface area contributed by atoms with Crippen molar-refractivity contribution in [1.29, 1.82) is 0 Å². The van der Waals surface area contributed by atoms with Crippen molar-refractivity contribution in [2.75, 3.05) is 18.1 Å². The third-order valence-electron chi connectivity index (χ3n) is 5.19. The Bertz CT molecular complexity index is 1330. The minimum Gasteiger partial charge on any atom is -0.503 e. The standard InChI is InChI=1S/C25H22N2O6S2/c1-4-11-33-16-9-6-8-15(13-16)19-18(20(28)17-10-7-12-34-17)21(29)23(30)27(19)25-26-14(3)22(35-25)24(31)32-5-2/h4,6-10,12-13,19,29H,1,5,11H2,2-3H3. The Morgan fingerprint density at radius 1 is 1.29 bits per heavy atom. The van der Waals surface area contributed by atoms with Gasteiger partial charge in [0.1, 0.15) is 17.2 Å². The smallest absolute Gasteiger partial charge is 0.350 e. The molecule has 10 heteroatoms. The fraction of sp³-hybridized carbons (Fsp3) is 0.200. The quantitative estimate of drug-likeness (QED) is 0.244. The lowest BCUT2D eigenvalue weighted by atomic mass is 9.95. The van der Waals surface area contributed by atoms with Crippen molar-refractivity contribution in [3.63, 3.8) is 0 Å². The number of aromatic nitrogens is 1. The van der Waals surface area contributed by atoms with E-state index in [1.54, 1.807) is 61.7 Å². The van der Waals surface area contributed by atoms with Crippen LogP contribution in [0.15, 0.2) is 65.8 Å². The summed E-state index contributed by atoms with van der Waals surface area (Å²) in [7, 11) is 0. The molecule has 1 unspecified atom stereocenters. The molecule has 4 rings (SSSR count). The van der Waals surface area contributed by atoms with Crippen LogP contribution in [0.4, 0.5) is 5.13 Å². The Morgan fingerprint density at radius 2 is 2.09 bits per heavy atom. The molecule has 1 atom stereocenters. The number of thiophene rings is 1. The molecule has 0 saturated heterocycles. The zero-order valence-electron chi connectivity index (χ0n) is 19.0. The topological polar surface area (TPSA) is 106 Å². The number of hydrogen-bond donors (Lipinski definition) is 1. The molecule has 3 heterocycles. The van der Waals surface area contributed by atoms with Crippen LogP contribution in [0.3, 0.4) is 0 Å². The number of thiazole rings is 1. The van der Waals surface area contributed by atoms with Crippen molar-refractivity contribution in [1.82, 2.24) is 4.98 Å². The molecule has 1 aromatic carbocycles. The van der Waals surface area contributed by atoms with Crippen LogP contribution in [-0.2, 0) is 9.53 Å². The fourth-order valence-electron chi connectivity index (χ4n) is 3.69. The maximum atomic E-state index is 13.4.